The first kappa shape index (κ1) is 27.4. The second kappa shape index (κ2) is 10.8. The van der Waals surface area contributed by atoms with E-state index in [4.69, 9.17) is 9.73 Å². The monoisotopic (exact) mass is 489 g/mol. The predicted molar refractivity (Wildman–Crippen MR) is 157 cm³/mol. The van der Waals surface area contributed by atoms with E-state index in [1.54, 1.807) is 0 Å². The fourth-order valence-corrected chi connectivity index (χ4v) is 5.25. The van der Waals surface area contributed by atoms with Gasteiger partial charge in [0, 0.05) is 28.6 Å². The molecule has 2 aromatic rings. The molecule has 0 aliphatic heterocycles. The molecule has 2 nitrogen and oxygen atoms in total. The van der Waals surface area contributed by atoms with Crippen LogP contribution in [0.4, 0.5) is 0 Å². The van der Waals surface area contributed by atoms with Gasteiger partial charge < -0.3 is 4.74 Å². The van der Waals surface area contributed by atoms with Crippen LogP contribution in [-0.4, -0.2) is 18.4 Å². The Bertz CT molecular complexity index is 1100. The summed E-state index contributed by atoms with van der Waals surface area (Å²) in [6.07, 6.45) is 11.8. The van der Waals surface area contributed by atoms with Crippen molar-refractivity contribution >= 4 is 25.4 Å². The third-order valence-corrected chi connectivity index (χ3v) is 7.46. The molecule has 0 spiro atoms. The molecule has 0 aromatic heterocycles. The summed E-state index contributed by atoms with van der Waals surface area (Å²) >= 11 is 0. The summed E-state index contributed by atoms with van der Waals surface area (Å²) in [5.74, 6) is 1.48. The third-order valence-electron chi connectivity index (χ3n) is 6.10. The molecule has 0 radical (unpaired) electrons. The number of aliphatic imine (C=N–C) groups is 1. The molecule has 3 rings (SSSR count). The van der Waals surface area contributed by atoms with Gasteiger partial charge in [-0.25, -0.2) is 0 Å². The van der Waals surface area contributed by atoms with Gasteiger partial charge in [0.1, 0.15) is 5.75 Å². The minimum absolute atomic E-state index is 0.0225. The highest BCUT2D eigenvalue weighted by Crippen LogP contribution is 2.37. The Balaban J connectivity index is 2.10. The van der Waals surface area contributed by atoms with Gasteiger partial charge >= 0.3 is 0 Å². The summed E-state index contributed by atoms with van der Waals surface area (Å²) in [5, 5.41) is 2.59. The Morgan fingerprint density at radius 1 is 0.914 bits per heavy atom. The Morgan fingerprint density at radius 2 is 1.63 bits per heavy atom. The predicted octanol–water partition coefficient (Wildman–Crippen LogP) is 7.64. The molecule has 3 heteroatoms. The first-order valence-electron chi connectivity index (χ1n) is 12.8. The van der Waals surface area contributed by atoms with Crippen LogP contribution in [0.25, 0.3) is 0 Å². The standard InChI is InChI=1S/C32H44NOP/c1-30(2,3)25-19-26(31(4,5)6)29(34-22-23-15-11-10-12-16-23)28(20-25)35-27-18-14-13-17-24(27)21-33-32(7,8)9/h10-15,17-21,23,35H,16,22H2,1-9H3/b33-21+. The molecular weight excluding hydrogens is 445 g/mol. The summed E-state index contributed by atoms with van der Waals surface area (Å²) < 4.78 is 6.72. The molecule has 0 amide bonds. The van der Waals surface area contributed by atoms with Crippen LogP contribution in [0, 0.1) is 5.92 Å². The van der Waals surface area contributed by atoms with Crippen LogP contribution >= 0.6 is 8.58 Å². The lowest BCUT2D eigenvalue weighted by molar-refractivity contribution is 0.271. The van der Waals surface area contributed by atoms with Gasteiger partial charge in [0.25, 0.3) is 0 Å². The van der Waals surface area contributed by atoms with Crippen molar-refractivity contribution in [3.63, 3.8) is 0 Å². The van der Waals surface area contributed by atoms with E-state index in [1.807, 2.05) is 6.21 Å². The molecule has 1 aliphatic rings. The van der Waals surface area contributed by atoms with Crippen molar-refractivity contribution in [1.29, 1.82) is 0 Å². The average Bonchev–Trinajstić information content (AvgIpc) is 2.76. The molecule has 0 saturated carbocycles. The Hall–Kier alpha value is -2.18. The third kappa shape index (κ3) is 7.91. The van der Waals surface area contributed by atoms with Gasteiger partial charge in [-0.15, -0.1) is 0 Å². The average molecular weight is 490 g/mol. The van der Waals surface area contributed by atoms with Crippen LogP contribution < -0.4 is 15.3 Å². The SMILES string of the molecule is CC(C)(C)/N=C/c1ccccc1Pc1cc(C(C)(C)C)cc(C(C)(C)C)c1OCC1C=CC=CC1. The zero-order chi connectivity index (χ0) is 25.9. The molecule has 1 aliphatic carbocycles. The maximum Gasteiger partial charge on any atom is 0.130 e. The number of hydrogen-bond donors (Lipinski definition) is 0. The van der Waals surface area contributed by atoms with Crippen molar-refractivity contribution in [3.8, 4) is 5.75 Å². The topological polar surface area (TPSA) is 21.6 Å². The molecule has 0 heterocycles. The van der Waals surface area contributed by atoms with E-state index < -0.39 is 0 Å². The van der Waals surface area contributed by atoms with Gasteiger partial charge in [0.2, 0.25) is 0 Å². The number of benzene rings is 2. The number of rotatable bonds is 6. The molecule has 35 heavy (non-hydrogen) atoms. The quantitative estimate of drug-likeness (QED) is 0.302. The van der Waals surface area contributed by atoms with Gasteiger partial charge in [0.05, 0.1) is 12.1 Å². The van der Waals surface area contributed by atoms with E-state index in [9.17, 15) is 0 Å². The van der Waals surface area contributed by atoms with E-state index in [0.29, 0.717) is 21.1 Å². The van der Waals surface area contributed by atoms with Crippen molar-refractivity contribution in [1.82, 2.24) is 0 Å². The summed E-state index contributed by atoms with van der Waals surface area (Å²) in [5.41, 5.74) is 3.78. The van der Waals surface area contributed by atoms with Gasteiger partial charge in [-0.3, -0.25) is 4.99 Å². The lowest BCUT2D eigenvalue weighted by Crippen LogP contribution is -2.25. The zero-order valence-electron chi connectivity index (χ0n) is 23.2. The summed E-state index contributed by atoms with van der Waals surface area (Å²) in [7, 11) is 0.489. The van der Waals surface area contributed by atoms with Crippen LogP contribution in [0.1, 0.15) is 85.4 Å². The summed E-state index contributed by atoms with van der Waals surface area (Å²) in [6, 6.07) is 13.4. The van der Waals surface area contributed by atoms with Gasteiger partial charge in [-0.2, -0.15) is 0 Å². The fourth-order valence-electron chi connectivity index (χ4n) is 3.94. The van der Waals surface area contributed by atoms with Gasteiger partial charge in [0.15, 0.2) is 0 Å². The second-order valence-electron chi connectivity index (χ2n) is 12.7. The largest absolute Gasteiger partial charge is 0.492 e. The Morgan fingerprint density at radius 3 is 2.23 bits per heavy atom. The highest BCUT2D eigenvalue weighted by Gasteiger charge is 2.27. The van der Waals surface area contributed by atoms with E-state index in [1.165, 1.54) is 27.3 Å². The molecule has 0 saturated heterocycles. The Kier molecular flexibility index (Phi) is 8.48. The fraction of sp³-hybridized carbons (Fsp3) is 0.469. The zero-order valence-corrected chi connectivity index (χ0v) is 24.2. The highest BCUT2D eigenvalue weighted by atomic mass is 31.1. The van der Waals surface area contributed by atoms with E-state index in [-0.39, 0.29) is 16.4 Å². The second-order valence-corrected chi connectivity index (χ2v) is 14.0. The van der Waals surface area contributed by atoms with E-state index in [2.05, 4.69) is 123 Å². The number of ether oxygens (including phenoxy) is 1. The first-order valence-corrected chi connectivity index (χ1v) is 13.8. The molecule has 2 aromatic carbocycles. The van der Waals surface area contributed by atoms with Crippen LogP contribution in [0.2, 0.25) is 0 Å². The van der Waals surface area contributed by atoms with Crippen LogP contribution in [0.5, 0.6) is 5.75 Å². The summed E-state index contributed by atoms with van der Waals surface area (Å²) in [4.78, 5) is 4.80. The molecule has 0 bridgehead atoms. The summed E-state index contributed by atoms with van der Waals surface area (Å²) in [6.45, 7) is 20.9. The molecule has 0 N–H and O–H groups in total. The van der Waals surface area contributed by atoms with E-state index in [0.717, 1.165) is 12.2 Å². The number of nitrogens with zero attached hydrogens (tertiary/aromatic N) is 1. The normalized spacial score (nSPS) is 17.1. The first-order chi connectivity index (χ1) is 16.2. The van der Waals surface area contributed by atoms with E-state index >= 15 is 0 Å². The molecule has 2 atom stereocenters. The Labute approximate surface area is 215 Å². The van der Waals surface area contributed by atoms with Crippen LogP contribution in [0.15, 0.2) is 65.7 Å². The lowest BCUT2D eigenvalue weighted by atomic mass is 9.80. The maximum absolute atomic E-state index is 6.72. The molecule has 188 valence electrons. The lowest BCUT2D eigenvalue weighted by Gasteiger charge is -2.30. The number of allylic oxidation sites excluding steroid dienone is 3. The van der Waals surface area contributed by atoms with Crippen molar-refractivity contribution in [2.45, 2.75) is 85.1 Å². The smallest absolute Gasteiger partial charge is 0.130 e. The minimum Gasteiger partial charge on any atom is -0.492 e. The molecule has 2 unspecified atom stereocenters. The molecule has 0 fully saturated rings. The van der Waals surface area contributed by atoms with Gasteiger partial charge in [-0.05, 0) is 55.0 Å². The minimum atomic E-state index is -0.0992. The number of hydrogen-bond acceptors (Lipinski definition) is 2. The van der Waals surface area contributed by atoms with Crippen molar-refractivity contribution in [2.24, 2.45) is 10.9 Å². The van der Waals surface area contributed by atoms with Crippen LogP contribution in [-0.2, 0) is 10.8 Å². The molecular formula is C32H44NOP. The highest BCUT2D eigenvalue weighted by molar-refractivity contribution is 7.56. The van der Waals surface area contributed by atoms with Crippen molar-refractivity contribution in [3.05, 3.63) is 77.4 Å². The maximum atomic E-state index is 6.72. The van der Waals surface area contributed by atoms with Crippen LogP contribution in [0.3, 0.4) is 0 Å². The van der Waals surface area contributed by atoms with Gasteiger partial charge in [-0.1, -0.05) is 105 Å². The van der Waals surface area contributed by atoms with Crippen molar-refractivity contribution < 1.29 is 4.74 Å². The van der Waals surface area contributed by atoms with Crippen molar-refractivity contribution in [2.75, 3.05) is 6.61 Å².